The Labute approximate surface area is 327 Å². The average molecular weight is 793 g/mol. The number of rotatable bonds is 36. The van der Waals surface area contributed by atoms with E-state index in [9.17, 15) is 28.5 Å². The summed E-state index contributed by atoms with van der Waals surface area (Å²) in [5.74, 6) is -0.411. The fraction of sp³-hybridized carbons (Fsp3) is 0.878. The van der Waals surface area contributed by atoms with Crippen LogP contribution < -0.4 is 0 Å². The van der Waals surface area contributed by atoms with Gasteiger partial charge >= 0.3 is 16.4 Å². The van der Waals surface area contributed by atoms with Crippen molar-refractivity contribution in [1.29, 1.82) is 0 Å². The average Bonchev–Trinajstić information content (AvgIpc) is 3.14. The summed E-state index contributed by atoms with van der Waals surface area (Å²) in [4.78, 5) is 12.8. The number of carbonyl (C=O) groups excluding carboxylic acids is 1. The molecule has 0 spiro atoms. The van der Waals surface area contributed by atoms with E-state index in [1.807, 2.05) is 0 Å². The molecule has 318 valence electrons. The lowest BCUT2D eigenvalue weighted by molar-refractivity contribution is -0.301. The van der Waals surface area contributed by atoms with Crippen molar-refractivity contribution in [2.45, 2.75) is 205 Å². The third-order valence-electron chi connectivity index (χ3n) is 9.55. The van der Waals surface area contributed by atoms with Gasteiger partial charge in [-0.1, -0.05) is 122 Å². The SMILES string of the molecule is CCCCC/C=C\CCCCCCCCOCC(COC1OC(CO)C(O)C(OS(=O)(=O)O)C1O)OC(=O)CCCCCCC/C=C\CCCCCCC. The molecule has 54 heavy (non-hydrogen) atoms. The Morgan fingerprint density at radius 2 is 1.17 bits per heavy atom. The van der Waals surface area contributed by atoms with Gasteiger partial charge < -0.3 is 34.3 Å². The molecule has 1 aliphatic rings. The molecule has 1 heterocycles. The molecule has 0 radical (unpaired) electrons. The number of hydrogen-bond acceptors (Lipinski definition) is 11. The minimum atomic E-state index is -5.06. The molecule has 1 fully saturated rings. The predicted octanol–water partition coefficient (Wildman–Crippen LogP) is 8.07. The van der Waals surface area contributed by atoms with E-state index in [2.05, 4.69) is 42.3 Å². The second-order valence-corrected chi connectivity index (χ2v) is 15.6. The number of aliphatic hydroxyl groups is 3. The molecule has 0 bridgehead atoms. The molecular weight excluding hydrogens is 717 g/mol. The maximum Gasteiger partial charge on any atom is 0.397 e. The summed E-state index contributed by atoms with van der Waals surface area (Å²) < 4.78 is 58.9. The van der Waals surface area contributed by atoms with Gasteiger partial charge in [-0.3, -0.25) is 9.35 Å². The molecule has 0 aromatic carbocycles. The summed E-state index contributed by atoms with van der Waals surface area (Å²) in [6.45, 7) is 3.92. The molecule has 1 saturated heterocycles. The Morgan fingerprint density at radius 3 is 1.70 bits per heavy atom. The van der Waals surface area contributed by atoms with Gasteiger partial charge in [-0.2, -0.15) is 8.42 Å². The zero-order valence-electron chi connectivity index (χ0n) is 33.5. The Balaban J connectivity index is 2.48. The minimum Gasteiger partial charge on any atom is -0.457 e. The summed E-state index contributed by atoms with van der Waals surface area (Å²) in [5.41, 5.74) is 0. The maximum absolute atomic E-state index is 12.8. The number of allylic oxidation sites excluding steroid dienone is 4. The van der Waals surface area contributed by atoms with Crippen molar-refractivity contribution in [1.82, 2.24) is 0 Å². The highest BCUT2D eigenvalue weighted by Crippen LogP contribution is 2.26. The molecule has 6 atom stereocenters. The summed E-state index contributed by atoms with van der Waals surface area (Å²) in [6, 6.07) is 0. The minimum absolute atomic E-state index is 0.0302. The molecule has 0 aromatic heterocycles. The van der Waals surface area contributed by atoms with Gasteiger partial charge in [0.25, 0.3) is 0 Å². The Morgan fingerprint density at radius 1 is 0.685 bits per heavy atom. The van der Waals surface area contributed by atoms with Crippen molar-refractivity contribution >= 4 is 16.4 Å². The zero-order chi connectivity index (χ0) is 39.7. The van der Waals surface area contributed by atoms with Crippen molar-refractivity contribution < 1.29 is 56.2 Å². The first kappa shape index (κ1) is 50.6. The van der Waals surface area contributed by atoms with Crippen LogP contribution in [0.3, 0.4) is 0 Å². The lowest BCUT2D eigenvalue weighted by Crippen LogP contribution is -2.60. The standard InChI is InChI=1S/C41H76O12S/c1-3-5-7-9-11-13-15-17-18-20-22-24-26-28-30-37(43)51-35(33-49-31-29-27-25-23-21-19-16-14-12-10-8-6-4-2)34-50-41-39(45)40(53-54(46,47)48)38(44)36(32-42)52-41/h12,14-15,17,35-36,38-42,44-45H,3-11,13,16,18-34H2,1-2H3,(H,46,47,48)/b14-12-,17-15-. The Bertz CT molecular complexity index is 1050. The second kappa shape index (κ2) is 33.7. The normalized spacial score (nSPS) is 21.3. The largest absolute Gasteiger partial charge is 0.457 e. The van der Waals surface area contributed by atoms with Crippen molar-refractivity contribution in [3.05, 3.63) is 24.3 Å². The summed E-state index contributed by atoms with van der Waals surface area (Å²) >= 11 is 0. The van der Waals surface area contributed by atoms with Gasteiger partial charge in [0.15, 0.2) is 6.29 Å². The number of esters is 1. The molecule has 4 N–H and O–H groups in total. The number of aliphatic hydroxyl groups excluding tert-OH is 3. The van der Waals surface area contributed by atoms with E-state index in [4.69, 9.17) is 23.5 Å². The summed E-state index contributed by atoms with van der Waals surface area (Å²) in [5, 5.41) is 30.6. The molecule has 6 unspecified atom stereocenters. The lowest BCUT2D eigenvalue weighted by atomic mass is 9.99. The van der Waals surface area contributed by atoms with E-state index >= 15 is 0 Å². The molecule has 1 rings (SSSR count). The van der Waals surface area contributed by atoms with Gasteiger partial charge in [-0.25, -0.2) is 4.18 Å². The molecule has 0 aromatic rings. The van der Waals surface area contributed by atoms with E-state index in [0.29, 0.717) is 13.0 Å². The molecular formula is C41H76O12S. The number of carbonyl (C=O) groups is 1. The maximum atomic E-state index is 12.8. The van der Waals surface area contributed by atoms with Crippen LogP contribution in [-0.4, -0.2) is 97.5 Å². The van der Waals surface area contributed by atoms with Crippen LogP contribution in [0.2, 0.25) is 0 Å². The van der Waals surface area contributed by atoms with Gasteiger partial charge in [-0.05, 0) is 64.2 Å². The smallest absolute Gasteiger partial charge is 0.397 e. The van der Waals surface area contributed by atoms with E-state index < -0.39 is 59.8 Å². The molecule has 0 amide bonds. The highest BCUT2D eigenvalue weighted by molar-refractivity contribution is 7.80. The van der Waals surface area contributed by atoms with E-state index in [0.717, 1.165) is 64.2 Å². The summed E-state index contributed by atoms with van der Waals surface area (Å²) in [6.07, 6.45) is 26.4. The van der Waals surface area contributed by atoms with Crippen LogP contribution in [0.5, 0.6) is 0 Å². The van der Waals surface area contributed by atoms with E-state index in [1.54, 1.807) is 0 Å². The highest BCUT2D eigenvalue weighted by atomic mass is 32.3. The number of hydrogen-bond donors (Lipinski definition) is 4. The van der Waals surface area contributed by atoms with Crippen LogP contribution in [0.25, 0.3) is 0 Å². The van der Waals surface area contributed by atoms with Crippen LogP contribution in [0, 0.1) is 0 Å². The predicted molar refractivity (Wildman–Crippen MR) is 211 cm³/mol. The quantitative estimate of drug-likeness (QED) is 0.0208. The van der Waals surface area contributed by atoms with Crippen molar-refractivity contribution in [3.8, 4) is 0 Å². The van der Waals surface area contributed by atoms with Crippen molar-refractivity contribution in [2.75, 3.05) is 26.4 Å². The van der Waals surface area contributed by atoms with Gasteiger partial charge in [0.05, 0.1) is 19.8 Å². The topological polar surface area (TPSA) is 178 Å². The van der Waals surface area contributed by atoms with Crippen LogP contribution in [0.15, 0.2) is 24.3 Å². The van der Waals surface area contributed by atoms with E-state index in [-0.39, 0.29) is 19.6 Å². The fourth-order valence-electron chi connectivity index (χ4n) is 6.31. The fourth-order valence-corrected chi connectivity index (χ4v) is 6.82. The van der Waals surface area contributed by atoms with Crippen LogP contribution in [0.4, 0.5) is 0 Å². The first-order chi connectivity index (χ1) is 26.1. The highest BCUT2D eigenvalue weighted by Gasteiger charge is 2.48. The Hall–Kier alpha value is -1.42. The molecule has 0 saturated carbocycles. The third kappa shape index (κ3) is 27.2. The third-order valence-corrected chi connectivity index (χ3v) is 10.0. The van der Waals surface area contributed by atoms with Gasteiger partial charge in [0.1, 0.15) is 30.5 Å². The number of ether oxygens (including phenoxy) is 4. The zero-order valence-corrected chi connectivity index (χ0v) is 34.4. The van der Waals surface area contributed by atoms with Crippen LogP contribution >= 0.6 is 0 Å². The van der Waals surface area contributed by atoms with Gasteiger partial charge in [-0.15, -0.1) is 0 Å². The van der Waals surface area contributed by atoms with Gasteiger partial charge in [0.2, 0.25) is 0 Å². The first-order valence-corrected chi connectivity index (χ1v) is 22.5. The second-order valence-electron chi connectivity index (χ2n) is 14.6. The number of unbranched alkanes of at least 4 members (excludes halogenated alkanes) is 19. The van der Waals surface area contributed by atoms with Crippen molar-refractivity contribution in [3.63, 3.8) is 0 Å². The molecule has 13 heteroatoms. The first-order valence-electron chi connectivity index (χ1n) is 21.1. The van der Waals surface area contributed by atoms with E-state index in [1.165, 1.54) is 77.0 Å². The monoisotopic (exact) mass is 793 g/mol. The Kier molecular flexibility index (Phi) is 31.6. The molecule has 0 aliphatic carbocycles. The van der Waals surface area contributed by atoms with Gasteiger partial charge in [0, 0.05) is 13.0 Å². The summed E-state index contributed by atoms with van der Waals surface area (Å²) in [7, 11) is -5.06. The van der Waals surface area contributed by atoms with Crippen LogP contribution in [0.1, 0.15) is 168 Å². The molecule has 12 nitrogen and oxygen atoms in total. The van der Waals surface area contributed by atoms with Crippen molar-refractivity contribution in [2.24, 2.45) is 0 Å². The lowest BCUT2D eigenvalue weighted by Gasteiger charge is -2.41. The molecule has 1 aliphatic heterocycles. The van der Waals surface area contributed by atoms with Crippen LogP contribution in [-0.2, 0) is 38.3 Å².